The summed E-state index contributed by atoms with van der Waals surface area (Å²) in [5.41, 5.74) is 2.72. The lowest BCUT2D eigenvalue weighted by Crippen LogP contribution is -2.22. The Hall–Kier alpha value is -4.59. The van der Waals surface area contributed by atoms with Crippen molar-refractivity contribution in [3.8, 4) is 28.4 Å². The number of methoxy groups -OCH3 is 3. The molecule has 1 atom stereocenters. The maximum absolute atomic E-state index is 13.7. The lowest BCUT2D eigenvalue weighted by atomic mass is 9.84. The lowest BCUT2D eigenvalue weighted by Gasteiger charge is -2.26. The summed E-state index contributed by atoms with van der Waals surface area (Å²) in [7, 11) is 4.32. The zero-order chi connectivity index (χ0) is 25.4. The smallest absolute Gasteiger partial charge is 0.337 e. The molecule has 1 aliphatic rings. The molecular weight excluding hydrogens is 464 g/mol. The number of hydrogen-bond donors (Lipinski definition) is 0. The lowest BCUT2D eigenvalue weighted by molar-refractivity contribution is -0.135. The summed E-state index contributed by atoms with van der Waals surface area (Å²) >= 11 is 0. The normalized spacial score (nSPS) is 14.6. The summed E-state index contributed by atoms with van der Waals surface area (Å²) in [5, 5.41) is 0.249. The van der Waals surface area contributed by atoms with Gasteiger partial charge in [0.15, 0.2) is 0 Å². The monoisotopic (exact) mass is 486 g/mol. The van der Waals surface area contributed by atoms with Crippen LogP contribution in [0, 0.1) is 0 Å². The first-order valence-corrected chi connectivity index (χ1v) is 11.1. The van der Waals surface area contributed by atoms with Crippen molar-refractivity contribution in [3.05, 3.63) is 87.8 Å². The van der Waals surface area contributed by atoms with Gasteiger partial charge in [0.05, 0.1) is 38.9 Å². The molecule has 8 nitrogen and oxygen atoms in total. The topological polar surface area (TPSA) is 101 Å². The molecule has 0 aliphatic carbocycles. The van der Waals surface area contributed by atoms with Crippen molar-refractivity contribution < 1.29 is 33.0 Å². The van der Waals surface area contributed by atoms with Gasteiger partial charge in [0.25, 0.3) is 0 Å². The highest BCUT2D eigenvalue weighted by atomic mass is 16.5. The number of ether oxygens (including phenoxy) is 4. The van der Waals surface area contributed by atoms with Crippen LogP contribution in [-0.2, 0) is 9.53 Å². The Kier molecular flexibility index (Phi) is 5.93. The summed E-state index contributed by atoms with van der Waals surface area (Å²) in [6, 6.07) is 15.4. The molecule has 4 aromatic rings. The van der Waals surface area contributed by atoms with Gasteiger partial charge in [-0.2, -0.15) is 0 Å². The zero-order valence-corrected chi connectivity index (χ0v) is 19.8. The second-order valence-electron chi connectivity index (χ2n) is 8.25. The molecule has 182 valence electrons. The number of rotatable bonds is 5. The molecule has 1 aliphatic heterocycles. The molecule has 0 saturated heterocycles. The molecule has 3 aromatic carbocycles. The zero-order valence-electron chi connectivity index (χ0n) is 19.8. The quantitative estimate of drug-likeness (QED) is 0.295. The van der Waals surface area contributed by atoms with E-state index in [0.29, 0.717) is 28.0 Å². The highest BCUT2D eigenvalue weighted by molar-refractivity contribution is 5.94. The Labute approximate surface area is 206 Å². The van der Waals surface area contributed by atoms with Crippen LogP contribution in [0.3, 0.4) is 0 Å². The SMILES string of the molecule is COC(=O)c1ccc([C@H]2CC(=O)Oc3cc(OC)c4c(=O)c(-c5ccc(OC)cc5)coc4c32)cc1. The Morgan fingerprint density at radius 2 is 1.67 bits per heavy atom. The average Bonchev–Trinajstić information content (AvgIpc) is 2.91. The van der Waals surface area contributed by atoms with E-state index >= 15 is 0 Å². The molecular formula is C28H22O8. The van der Waals surface area contributed by atoms with Gasteiger partial charge in [-0.25, -0.2) is 4.79 Å². The fraction of sp³-hybridized carbons (Fsp3) is 0.179. The fourth-order valence-corrected chi connectivity index (χ4v) is 4.50. The van der Waals surface area contributed by atoms with E-state index in [2.05, 4.69) is 0 Å². The van der Waals surface area contributed by atoms with Gasteiger partial charge >= 0.3 is 11.9 Å². The van der Waals surface area contributed by atoms with Crippen molar-refractivity contribution in [2.24, 2.45) is 0 Å². The Bertz CT molecular complexity index is 1530. The first-order valence-electron chi connectivity index (χ1n) is 11.1. The van der Waals surface area contributed by atoms with Crippen LogP contribution in [0.2, 0.25) is 0 Å². The Balaban J connectivity index is 1.71. The third kappa shape index (κ3) is 3.86. The van der Waals surface area contributed by atoms with Gasteiger partial charge in [-0.1, -0.05) is 24.3 Å². The number of benzene rings is 3. The summed E-state index contributed by atoms with van der Waals surface area (Å²) in [4.78, 5) is 38.0. The summed E-state index contributed by atoms with van der Waals surface area (Å²) < 4.78 is 27.1. The van der Waals surface area contributed by atoms with E-state index in [0.717, 1.165) is 5.56 Å². The second kappa shape index (κ2) is 9.22. The molecule has 0 bridgehead atoms. The molecule has 0 saturated carbocycles. The number of hydrogen-bond acceptors (Lipinski definition) is 8. The highest BCUT2D eigenvalue weighted by Crippen LogP contribution is 2.46. The molecule has 0 spiro atoms. The van der Waals surface area contributed by atoms with Crippen molar-refractivity contribution in [2.75, 3.05) is 21.3 Å². The molecule has 1 aromatic heterocycles. The molecule has 0 N–H and O–H groups in total. The third-order valence-corrected chi connectivity index (χ3v) is 6.31. The van der Waals surface area contributed by atoms with Crippen LogP contribution in [-0.4, -0.2) is 33.3 Å². The molecule has 36 heavy (non-hydrogen) atoms. The van der Waals surface area contributed by atoms with Crippen LogP contribution in [0.5, 0.6) is 17.2 Å². The van der Waals surface area contributed by atoms with Crippen molar-refractivity contribution in [2.45, 2.75) is 12.3 Å². The fourth-order valence-electron chi connectivity index (χ4n) is 4.50. The third-order valence-electron chi connectivity index (χ3n) is 6.31. The Morgan fingerprint density at radius 1 is 0.944 bits per heavy atom. The highest BCUT2D eigenvalue weighted by Gasteiger charge is 2.34. The molecule has 0 amide bonds. The summed E-state index contributed by atoms with van der Waals surface area (Å²) in [6.07, 6.45) is 1.44. The predicted octanol–water partition coefficient (Wildman–Crippen LogP) is 4.70. The number of fused-ring (bicyclic) bond motifs is 3. The number of carbonyl (C=O) groups excluding carboxylic acids is 2. The van der Waals surface area contributed by atoms with E-state index in [4.69, 9.17) is 23.4 Å². The minimum Gasteiger partial charge on any atom is -0.497 e. The van der Waals surface area contributed by atoms with E-state index < -0.39 is 17.9 Å². The average molecular weight is 486 g/mol. The van der Waals surface area contributed by atoms with Crippen LogP contribution in [0.1, 0.15) is 33.8 Å². The standard InChI is InChI=1S/C28H22O8/c1-32-18-10-8-16(9-11-18)20-14-35-27-24-19(15-4-6-17(7-5-15)28(31)34-3)12-23(29)36-22(24)13-21(33-2)25(27)26(20)30/h4-11,13-14,19H,12H2,1-3H3/t19-/m1/s1. The Morgan fingerprint density at radius 3 is 2.31 bits per heavy atom. The predicted molar refractivity (Wildman–Crippen MR) is 131 cm³/mol. The van der Waals surface area contributed by atoms with Crippen LogP contribution in [0.4, 0.5) is 0 Å². The van der Waals surface area contributed by atoms with E-state index in [1.165, 1.54) is 20.5 Å². The van der Waals surface area contributed by atoms with Gasteiger partial charge in [-0.15, -0.1) is 0 Å². The first-order chi connectivity index (χ1) is 17.4. The van der Waals surface area contributed by atoms with Gasteiger partial charge in [-0.05, 0) is 35.4 Å². The van der Waals surface area contributed by atoms with Crippen LogP contribution in [0.15, 0.2) is 70.1 Å². The summed E-state index contributed by atoms with van der Waals surface area (Å²) in [5.74, 6) is -0.185. The van der Waals surface area contributed by atoms with Gasteiger partial charge in [0, 0.05) is 17.5 Å². The van der Waals surface area contributed by atoms with Gasteiger partial charge in [-0.3, -0.25) is 9.59 Å². The molecule has 0 radical (unpaired) electrons. The van der Waals surface area contributed by atoms with Crippen molar-refractivity contribution in [1.29, 1.82) is 0 Å². The molecule has 8 heteroatoms. The molecule has 0 fully saturated rings. The van der Waals surface area contributed by atoms with Crippen molar-refractivity contribution in [3.63, 3.8) is 0 Å². The minimum atomic E-state index is -0.462. The van der Waals surface area contributed by atoms with Gasteiger partial charge in [0.1, 0.15) is 34.5 Å². The van der Waals surface area contributed by atoms with E-state index in [9.17, 15) is 14.4 Å². The second-order valence-corrected chi connectivity index (χ2v) is 8.25. The van der Waals surface area contributed by atoms with Crippen molar-refractivity contribution in [1.82, 2.24) is 0 Å². The van der Waals surface area contributed by atoms with E-state index in [1.807, 2.05) is 0 Å². The van der Waals surface area contributed by atoms with Crippen LogP contribution >= 0.6 is 0 Å². The van der Waals surface area contributed by atoms with E-state index in [-0.39, 0.29) is 34.3 Å². The first kappa shape index (κ1) is 23.2. The molecule has 5 rings (SSSR count). The van der Waals surface area contributed by atoms with Crippen LogP contribution < -0.4 is 19.6 Å². The molecule has 2 heterocycles. The maximum atomic E-state index is 13.7. The van der Waals surface area contributed by atoms with Gasteiger partial charge < -0.3 is 23.4 Å². The molecule has 0 unspecified atom stereocenters. The van der Waals surface area contributed by atoms with Crippen molar-refractivity contribution >= 4 is 22.9 Å². The van der Waals surface area contributed by atoms with Crippen LogP contribution in [0.25, 0.3) is 22.1 Å². The van der Waals surface area contributed by atoms with E-state index in [1.54, 1.807) is 61.7 Å². The summed E-state index contributed by atoms with van der Waals surface area (Å²) in [6.45, 7) is 0. The number of esters is 2. The van der Waals surface area contributed by atoms with Gasteiger partial charge in [0.2, 0.25) is 5.43 Å². The maximum Gasteiger partial charge on any atom is 0.337 e. The number of carbonyl (C=O) groups is 2. The largest absolute Gasteiger partial charge is 0.497 e. The minimum absolute atomic E-state index is 0.0376.